The Hall–Kier alpha value is -3.46. The zero-order valence-corrected chi connectivity index (χ0v) is 23.4. The minimum absolute atomic E-state index is 0.123. The molecule has 6 rings (SSSR count). The normalized spacial score (nSPS) is 18.3. The van der Waals surface area contributed by atoms with Crippen molar-refractivity contribution in [3.05, 3.63) is 77.9 Å². The van der Waals surface area contributed by atoms with E-state index >= 15 is 0 Å². The highest BCUT2D eigenvalue weighted by Gasteiger charge is 2.53. The highest BCUT2D eigenvalue weighted by Crippen LogP contribution is 2.65. The number of hydrogen-bond acceptors (Lipinski definition) is 3. The number of methoxy groups -OCH3 is 1. The Morgan fingerprint density at radius 1 is 0.763 bits per heavy atom. The first kappa shape index (κ1) is 24.9. The van der Waals surface area contributed by atoms with E-state index in [0.717, 1.165) is 46.2 Å². The molecule has 3 nitrogen and oxygen atoms in total. The first-order chi connectivity index (χ1) is 18.1. The number of aromatic hydroxyl groups is 1. The fraction of sp³-hybridized carbons (Fsp3) is 0.371. The lowest BCUT2D eigenvalue weighted by molar-refractivity contribution is 0.0645. The van der Waals surface area contributed by atoms with Crippen molar-refractivity contribution in [2.24, 2.45) is 10.8 Å². The summed E-state index contributed by atoms with van der Waals surface area (Å²) >= 11 is 0. The Balaban J connectivity index is 1.65. The lowest BCUT2D eigenvalue weighted by Gasteiger charge is -2.51. The van der Waals surface area contributed by atoms with Gasteiger partial charge in [-0.05, 0) is 101 Å². The average Bonchev–Trinajstić information content (AvgIpc) is 3.10. The van der Waals surface area contributed by atoms with E-state index < -0.39 is 0 Å². The largest absolute Gasteiger partial charge is 0.507 e. The van der Waals surface area contributed by atoms with Crippen molar-refractivity contribution in [1.29, 1.82) is 0 Å². The van der Waals surface area contributed by atoms with Crippen LogP contribution < -0.4 is 9.47 Å². The molecule has 0 aliphatic heterocycles. The second-order valence-corrected chi connectivity index (χ2v) is 12.9. The minimum Gasteiger partial charge on any atom is -0.507 e. The minimum atomic E-state index is -0.123. The fourth-order valence-corrected chi connectivity index (χ4v) is 8.15. The summed E-state index contributed by atoms with van der Waals surface area (Å²) in [5, 5.41) is 13.4. The number of phenolic OH excluding ortho intramolecular Hbond substituents is 1. The van der Waals surface area contributed by atoms with Crippen LogP contribution in [0.1, 0.15) is 65.0 Å². The summed E-state index contributed by atoms with van der Waals surface area (Å²) in [6, 6.07) is 23.4. The van der Waals surface area contributed by atoms with E-state index in [2.05, 4.69) is 76.2 Å². The Bertz CT molecular complexity index is 1530. The summed E-state index contributed by atoms with van der Waals surface area (Å²) in [4.78, 5) is 0. The highest BCUT2D eigenvalue weighted by molar-refractivity contribution is 6.07. The number of benzene rings is 4. The maximum atomic E-state index is 11.5. The van der Waals surface area contributed by atoms with Gasteiger partial charge in [-0.1, -0.05) is 64.1 Å². The Kier molecular flexibility index (Phi) is 5.58. The van der Waals surface area contributed by atoms with Gasteiger partial charge in [0, 0.05) is 16.4 Å². The maximum absolute atomic E-state index is 11.5. The molecule has 3 heteroatoms. The molecule has 2 aliphatic rings. The molecule has 1 saturated carbocycles. The molecule has 0 aromatic heterocycles. The zero-order valence-electron chi connectivity index (χ0n) is 23.4. The second kappa shape index (κ2) is 8.53. The third-order valence-corrected chi connectivity index (χ3v) is 8.66. The molecule has 4 aromatic rings. The lowest BCUT2D eigenvalue weighted by atomic mass is 9.52. The standard InChI is InChI=1S/C35H38O3/c1-7-38-23-14-12-22(13-15-23)25-16-27-26(17-31(25)37-6)30(36)18-29-32(27)24-10-8-9-11-28(24)35(29)20-33(2,3)19-34(4,5)21-35/h8-18,36H,7,19-21H2,1-6H3. The van der Waals surface area contributed by atoms with E-state index in [-0.39, 0.29) is 16.2 Å². The second-order valence-electron chi connectivity index (χ2n) is 12.9. The van der Waals surface area contributed by atoms with Gasteiger partial charge in [0.15, 0.2) is 0 Å². The Morgan fingerprint density at radius 2 is 1.45 bits per heavy atom. The molecular formula is C35H38O3. The van der Waals surface area contributed by atoms with Crippen molar-refractivity contribution in [2.45, 2.75) is 59.3 Å². The predicted molar refractivity (Wildman–Crippen MR) is 156 cm³/mol. The molecule has 0 unspecified atom stereocenters. The first-order valence-corrected chi connectivity index (χ1v) is 13.8. The van der Waals surface area contributed by atoms with Crippen molar-refractivity contribution in [3.8, 4) is 39.5 Å². The van der Waals surface area contributed by atoms with Crippen LogP contribution in [0.4, 0.5) is 0 Å². The summed E-state index contributed by atoms with van der Waals surface area (Å²) in [6.45, 7) is 12.3. The van der Waals surface area contributed by atoms with Gasteiger partial charge < -0.3 is 14.6 Å². The summed E-state index contributed by atoms with van der Waals surface area (Å²) in [5.41, 5.74) is 7.56. The van der Waals surface area contributed by atoms with Crippen molar-refractivity contribution in [3.63, 3.8) is 0 Å². The monoisotopic (exact) mass is 506 g/mol. The van der Waals surface area contributed by atoms with E-state index in [4.69, 9.17) is 9.47 Å². The van der Waals surface area contributed by atoms with Gasteiger partial charge in [0.2, 0.25) is 0 Å². The van der Waals surface area contributed by atoms with Gasteiger partial charge in [-0.25, -0.2) is 0 Å². The summed E-state index contributed by atoms with van der Waals surface area (Å²) in [6.07, 6.45) is 3.33. The Morgan fingerprint density at radius 3 is 2.11 bits per heavy atom. The molecule has 0 saturated heterocycles. The van der Waals surface area contributed by atoms with Crippen LogP contribution in [-0.2, 0) is 5.41 Å². The summed E-state index contributed by atoms with van der Waals surface area (Å²) in [7, 11) is 1.69. The van der Waals surface area contributed by atoms with Gasteiger partial charge >= 0.3 is 0 Å². The van der Waals surface area contributed by atoms with Crippen LogP contribution in [-0.4, -0.2) is 18.8 Å². The van der Waals surface area contributed by atoms with Crippen molar-refractivity contribution >= 4 is 10.8 Å². The van der Waals surface area contributed by atoms with Crippen molar-refractivity contribution in [2.75, 3.05) is 13.7 Å². The molecule has 2 aliphatic carbocycles. The molecule has 38 heavy (non-hydrogen) atoms. The number of phenols is 1. The third-order valence-electron chi connectivity index (χ3n) is 8.66. The average molecular weight is 507 g/mol. The molecule has 1 N–H and O–H groups in total. The molecule has 0 radical (unpaired) electrons. The molecule has 4 aromatic carbocycles. The highest BCUT2D eigenvalue weighted by atomic mass is 16.5. The van der Waals surface area contributed by atoms with E-state index in [1.54, 1.807) is 7.11 Å². The van der Waals surface area contributed by atoms with Gasteiger partial charge in [-0.3, -0.25) is 0 Å². The number of rotatable bonds is 4. The molecule has 1 fully saturated rings. The topological polar surface area (TPSA) is 38.7 Å². The maximum Gasteiger partial charge on any atom is 0.127 e. The van der Waals surface area contributed by atoms with Gasteiger partial charge in [-0.15, -0.1) is 0 Å². The van der Waals surface area contributed by atoms with Gasteiger partial charge in [0.25, 0.3) is 0 Å². The predicted octanol–water partition coefficient (Wildman–Crippen LogP) is 9.12. The Labute approximate surface area is 226 Å². The van der Waals surface area contributed by atoms with Crippen molar-refractivity contribution in [1.82, 2.24) is 0 Å². The van der Waals surface area contributed by atoms with Gasteiger partial charge in [0.1, 0.15) is 17.2 Å². The zero-order chi connectivity index (χ0) is 26.9. The molecule has 0 atom stereocenters. The van der Waals surface area contributed by atoms with Crippen LogP contribution in [0.5, 0.6) is 17.2 Å². The molecular weight excluding hydrogens is 468 g/mol. The third kappa shape index (κ3) is 3.78. The van der Waals surface area contributed by atoms with Crippen LogP contribution in [0.25, 0.3) is 33.0 Å². The number of fused-ring (bicyclic) bond motifs is 7. The van der Waals surface area contributed by atoms with E-state index in [1.807, 2.05) is 25.1 Å². The van der Waals surface area contributed by atoms with E-state index in [1.165, 1.54) is 28.7 Å². The summed E-state index contributed by atoms with van der Waals surface area (Å²) < 4.78 is 11.5. The van der Waals surface area contributed by atoms with Gasteiger partial charge in [0.05, 0.1) is 13.7 Å². The smallest absolute Gasteiger partial charge is 0.127 e. The fourth-order valence-electron chi connectivity index (χ4n) is 8.15. The lowest BCUT2D eigenvalue weighted by Crippen LogP contribution is -2.43. The quantitative estimate of drug-likeness (QED) is 0.300. The molecule has 1 spiro atoms. The SMILES string of the molecule is CCOc1ccc(-c2cc3c4c(cc(O)c3cc2OC)C2(CC(C)(C)CC(C)(C)C2)c2ccccc2-4)cc1. The van der Waals surface area contributed by atoms with Crippen LogP contribution in [0.15, 0.2) is 66.7 Å². The molecule has 0 bridgehead atoms. The van der Waals surface area contributed by atoms with Crippen LogP contribution in [0.3, 0.4) is 0 Å². The molecule has 0 amide bonds. The van der Waals surface area contributed by atoms with Crippen LogP contribution >= 0.6 is 0 Å². The van der Waals surface area contributed by atoms with Gasteiger partial charge in [-0.2, -0.15) is 0 Å². The van der Waals surface area contributed by atoms with E-state index in [9.17, 15) is 5.11 Å². The first-order valence-electron chi connectivity index (χ1n) is 13.8. The van der Waals surface area contributed by atoms with Crippen LogP contribution in [0, 0.1) is 10.8 Å². The van der Waals surface area contributed by atoms with Crippen LogP contribution in [0.2, 0.25) is 0 Å². The number of ether oxygens (including phenoxy) is 2. The molecule has 196 valence electrons. The summed E-state index contributed by atoms with van der Waals surface area (Å²) in [5.74, 6) is 1.93. The molecule has 0 heterocycles. The van der Waals surface area contributed by atoms with E-state index in [0.29, 0.717) is 12.4 Å². The van der Waals surface area contributed by atoms with Crippen molar-refractivity contribution < 1.29 is 14.6 Å². The number of hydrogen-bond donors (Lipinski definition) is 1.